The second kappa shape index (κ2) is 7.39. The fourth-order valence-electron chi connectivity index (χ4n) is 2.55. The summed E-state index contributed by atoms with van der Waals surface area (Å²) in [5, 5.41) is 0. The highest BCUT2D eigenvalue weighted by atomic mass is 19.1. The first-order valence-corrected chi connectivity index (χ1v) is 7.22. The van der Waals surface area contributed by atoms with E-state index in [0.717, 1.165) is 32.6 Å². The Morgan fingerprint density at radius 2 is 2.05 bits per heavy atom. The van der Waals surface area contributed by atoms with Gasteiger partial charge in [0, 0.05) is 33.2 Å². The normalized spacial score (nSPS) is 16.1. The van der Waals surface area contributed by atoms with Gasteiger partial charge in [-0.05, 0) is 36.8 Å². The van der Waals surface area contributed by atoms with Gasteiger partial charge < -0.3 is 9.64 Å². The number of hydrogen-bond acceptors (Lipinski definition) is 2. The lowest BCUT2D eigenvalue weighted by Crippen LogP contribution is -2.34. The second-order valence-corrected chi connectivity index (χ2v) is 5.42. The summed E-state index contributed by atoms with van der Waals surface area (Å²) in [6, 6.07) is 6.64. The Balaban J connectivity index is 1.77. The van der Waals surface area contributed by atoms with Crippen molar-refractivity contribution in [3.05, 3.63) is 35.6 Å². The molecule has 0 radical (unpaired) electrons. The van der Waals surface area contributed by atoms with E-state index in [9.17, 15) is 9.18 Å². The first kappa shape index (κ1) is 15.0. The minimum Gasteiger partial charge on any atom is -0.381 e. The van der Waals surface area contributed by atoms with E-state index < -0.39 is 0 Å². The van der Waals surface area contributed by atoms with Crippen molar-refractivity contribution in [2.75, 3.05) is 26.8 Å². The van der Waals surface area contributed by atoms with Gasteiger partial charge in [-0.1, -0.05) is 18.2 Å². The van der Waals surface area contributed by atoms with E-state index in [1.807, 2.05) is 7.05 Å². The summed E-state index contributed by atoms with van der Waals surface area (Å²) in [6.45, 7) is 2.36. The van der Waals surface area contributed by atoms with E-state index >= 15 is 0 Å². The number of halogens is 1. The van der Waals surface area contributed by atoms with Crippen LogP contribution in [-0.4, -0.2) is 37.6 Å². The third kappa shape index (κ3) is 4.30. The van der Waals surface area contributed by atoms with Gasteiger partial charge in [0.15, 0.2) is 0 Å². The van der Waals surface area contributed by atoms with Crippen molar-refractivity contribution >= 4 is 5.91 Å². The van der Waals surface area contributed by atoms with Crippen molar-refractivity contribution in [2.24, 2.45) is 5.92 Å². The Bertz CT molecular complexity index is 444. The molecule has 1 aliphatic heterocycles. The molecule has 1 amide bonds. The van der Waals surface area contributed by atoms with Crippen LogP contribution in [0.4, 0.5) is 4.39 Å². The van der Waals surface area contributed by atoms with Gasteiger partial charge in [-0.3, -0.25) is 4.79 Å². The van der Waals surface area contributed by atoms with Gasteiger partial charge in [0.25, 0.3) is 0 Å². The SMILES string of the molecule is CN(CC1CCOCC1)C(=O)CCc1ccccc1F. The molecule has 4 heteroatoms. The summed E-state index contributed by atoms with van der Waals surface area (Å²) in [6.07, 6.45) is 2.86. The first-order valence-electron chi connectivity index (χ1n) is 7.22. The second-order valence-electron chi connectivity index (χ2n) is 5.42. The maximum absolute atomic E-state index is 13.5. The van der Waals surface area contributed by atoms with E-state index in [1.54, 1.807) is 23.1 Å². The Hall–Kier alpha value is -1.42. The lowest BCUT2D eigenvalue weighted by atomic mass is 9.99. The average Bonchev–Trinajstić information content (AvgIpc) is 2.47. The number of amides is 1. The van der Waals surface area contributed by atoms with Gasteiger partial charge in [0.1, 0.15) is 5.82 Å². The smallest absolute Gasteiger partial charge is 0.222 e. The molecule has 0 aliphatic carbocycles. The molecule has 20 heavy (non-hydrogen) atoms. The molecular weight excluding hydrogens is 257 g/mol. The number of rotatable bonds is 5. The molecule has 1 aromatic carbocycles. The van der Waals surface area contributed by atoms with Gasteiger partial charge in [-0.2, -0.15) is 0 Å². The molecule has 0 bridgehead atoms. The maximum Gasteiger partial charge on any atom is 0.222 e. The summed E-state index contributed by atoms with van der Waals surface area (Å²) in [7, 11) is 1.83. The number of ether oxygens (including phenoxy) is 1. The van der Waals surface area contributed by atoms with Crippen molar-refractivity contribution in [3.8, 4) is 0 Å². The van der Waals surface area contributed by atoms with E-state index in [-0.39, 0.29) is 11.7 Å². The largest absolute Gasteiger partial charge is 0.381 e. The quantitative estimate of drug-likeness (QED) is 0.829. The topological polar surface area (TPSA) is 29.5 Å². The van der Waals surface area contributed by atoms with Crippen molar-refractivity contribution < 1.29 is 13.9 Å². The third-order valence-electron chi connectivity index (χ3n) is 3.86. The Morgan fingerprint density at radius 3 is 2.75 bits per heavy atom. The first-order chi connectivity index (χ1) is 9.66. The molecule has 1 saturated heterocycles. The molecule has 1 aliphatic rings. The summed E-state index contributed by atoms with van der Waals surface area (Å²) < 4.78 is 18.8. The number of aryl methyl sites for hydroxylation is 1. The van der Waals surface area contributed by atoms with Crippen LogP contribution < -0.4 is 0 Å². The van der Waals surface area contributed by atoms with E-state index in [2.05, 4.69) is 0 Å². The highest BCUT2D eigenvalue weighted by Crippen LogP contribution is 2.16. The van der Waals surface area contributed by atoms with Crippen molar-refractivity contribution in [2.45, 2.75) is 25.7 Å². The van der Waals surface area contributed by atoms with Crippen molar-refractivity contribution in [3.63, 3.8) is 0 Å². The number of hydrogen-bond donors (Lipinski definition) is 0. The van der Waals surface area contributed by atoms with Gasteiger partial charge in [-0.25, -0.2) is 4.39 Å². The predicted octanol–water partition coefficient (Wildman–Crippen LogP) is 2.64. The minimum absolute atomic E-state index is 0.0831. The molecular formula is C16H22FNO2. The fraction of sp³-hybridized carbons (Fsp3) is 0.562. The monoisotopic (exact) mass is 279 g/mol. The van der Waals surface area contributed by atoms with Gasteiger partial charge in [0.2, 0.25) is 5.91 Å². The van der Waals surface area contributed by atoms with Crippen LogP contribution in [0, 0.1) is 11.7 Å². The van der Waals surface area contributed by atoms with Gasteiger partial charge in [-0.15, -0.1) is 0 Å². The summed E-state index contributed by atoms with van der Waals surface area (Å²) in [5.41, 5.74) is 0.611. The van der Waals surface area contributed by atoms with E-state index in [1.165, 1.54) is 6.07 Å². The molecule has 0 N–H and O–H groups in total. The van der Waals surface area contributed by atoms with Gasteiger partial charge in [0.05, 0.1) is 0 Å². The van der Waals surface area contributed by atoms with Crippen LogP contribution in [0.1, 0.15) is 24.8 Å². The summed E-state index contributed by atoms with van der Waals surface area (Å²) in [4.78, 5) is 13.8. The highest BCUT2D eigenvalue weighted by molar-refractivity contribution is 5.76. The molecule has 1 fully saturated rings. The van der Waals surface area contributed by atoms with Gasteiger partial charge >= 0.3 is 0 Å². The zero-order valence-electron chi connectivity index (χ0n) is 12.0. The Morgan fingerprint density at radius 1 is 1.35 bits per heavy atom. The fourth-order valence-corrected chi connectivity index (χ4v) is 2.55. The molecule has 1 aromatic rings. The van der Waals surface area contributed by atoms with Crippen LogP contribution in [0.25, 0.3) is 0 Å². The molecule has 110 valence electrons. The molecule has 0 saturated carbocycles. The highest BCUT2D eigenvalue weighted by Gasteiger charge is 2.18. The molecule has 0 unspecified atom stereocenters. The predicted molar refractivity (Wildman–Crippen MR) is 75.9 cm³/mol. The van der Waals surface area contributed by atoms with Crippen LogP contribution in [0.3, 0.4) is 0 Å². The zero-order chi connectivity index (χ0) is 14.4. The third-order valence-corrected chi connectivity index (χ3v) is 3.86. The van der Waals surface area contributed by atoms with Crippen molar-refractivity contribution in [1.29, 1.82) is 0 Å². The lowest BCUT2D eigenvalue weighted by Gasteiger charge is -2.27. The molecule has 1 heterocycles. The number of carbonyl (C=O) groups is 1. The number of benzene rings is 1. The van der Waals surface area contributed by atoms with Crippen LogP contribution in [-0.2, 0) is 16.0 Å². The zero-order valence-corrected chi connectivity index (χ0v) is 12.0. The number of nitrogens with zero attached hydrogens (tertiary/aromatic N) is 1. The van der Waals surface area contributed by atoms with E-state index in [4.69, 9.17) is 4.74 Å². The summed E-state index contributed by atoms with van der Waals surface area (Å²) in [5.74, 6) is 0.387. The summed E-state index contributed by atoms with van der Waals surface area (Å²) >= 11 is 0. The van der Waals surface area contributed by atoms with Crippen LogP contribution in [0.2, 0.25) is 0 Å². The Labute approximate surface area is 119 Å². The molecule has 0 atom stereocenters. The van der Waals surface area contributed by atoms with E-state index in [0.29, 0.717) is 24.3 Å². The minimum atomic E-state index is -0.229. The maximum atomic E-state index is 13.5. The standard InChI is InChI=1S/C16H22FNO2/c1-18(12-13-8-10-20-11-9-13)16(19)7-6-14-4-2-3-5-15(14)17/h2-5,13H,6-12H2,1H3. The van der Waals surface area contributed by atoms with Crippen LogP contribution in [0.15, 0.2) is 24.3 Å². The Kier molecular flexibility index (Phi) is 5.53. The molecule has 0 spiro atoms. The number of carbonyl (C=O) groups excluding carboxylic acids is 1. The molecule has 3 nitrogen and oxygen atoms in total. The molecule has 0 aromatic heterocycles. The average molecular weight is 279 g/mol. The van der Waals surface area contributed by atoms with Crippen molar-refractivity contribution in [1.82, 2.24) is 4.90 Å². The van der Waals surface area contributed by atoms with Crippen LogP contribution in [0.5, 0.6) is 0 Å². The molecule has 2 rings (SSSR count). The lowest BCUT2D eigenvalue weighted by molar-refractivity contribution is -0.130. The van der Waals surface area contributed by atoms with Crippen LogP contribution >= 0.6 is 0 Å².